The predicted octanol–water partition coefficient (Wildman–Crippen LogP) is 3.21. The number of carbonyl (C=O) groups excluding carboxylic acids is 1. The molecule has 0 bridgehead atoms. The van der Waals surface area contributed by atoms with E-state index in [-0.39, 0.29) is 24.7 Å². The van der Waals surface area contributed by atoms with Crippen LogP contribution in [0.15, 0.2) is 54.6 Å². The summed E-state index contributed by atoms with van der Waals surface area (Å²) in [6.07, 6.45) is 0.110. The summed E-state index contributed by atoms with van der Waals surface area (Å²) in [5.41, 5.74) is 1.90. The van der Waals surface area contributed by atoms with Gasteiger partial charge in [-0.05, 0) is 49.6 Å². The van der Waals surface area contributed by atoms with Gasteiger partial charge < -0.3 is 19.6 Å². The van der Waals surface area contributed by atoms with Crippen LogP contribution < -0.4 is 4.74 Å². The molecule has 1 N–H and O–H groups in total. The van der Waals surface area contributed by atoms with Gasteiger partial charge in [0.15, 0.2) is 0 Å². The molecule has 2 heterocycles. The smallest absolute Gasteiger partial charge is 0.254 e. The molecule has 0 aliphatic carbocycles. The number of likely N-dealkylation sites (tertiary alicyclic amines) is 2. The number of hydrogen-bond donors (Lipinski definition) is 1. The first-order chi connectivity index (χ1) is 14.1. The fraction of sp³-hybridized carbons (Fsp3) is 0.458. The predicted molar refractivity (Wildman–Crippen MR) is 113 cm³/mol. The highest BCUT2D eigenvalue weighted by Crippen LogP contribution is 2.45. The first-order valence-electron chi connectivity index (χ1n) is 10.5. The molecule has 0 unspecified atom stereocenters. The number of aliphatic hydroxyl groups excluding tert-OH is 1. The highest BCUT2D eigenvalue weighted by Gasteiger charge is 2.48. The maximum Gasteiger partial charge on any atom is 0.254 e. The third-order valence-corrected chi connectivity index (χ3v) is 6.03. The SMILES string of the molecule is CC(C)Oc1ccc(C(=O)N2C[C@@H]3CN(CCO)C[C@@H]3[C@H]2c2ccccc2)cc1. The zero-order valence-electron chi connectivity index (χ0n) is 17.2. The number of hydrogen-bond acceptors (Lipinski definition) is 4. The van der Waals surface area contributed by atoms with Gasteiger partial charge in [-0.15, -0.1) is 0 Å². The van der Waals surface area contributed by atoms with Gasteiger partial charge in [0.25, 0.3) is 5.91 Å². The third kappa shape index (κ3) is 4.16. The first-order valence-corrected chi connectivity index (χ1v) is 10.5. The highest BCUT2D eigenvalue weighted by atomic mass is 16.5. The van der Waals surface area contributed by atoms with Crippen molar-refractivity contribution >= 4 is 5.91 Å². The molecule has 3 atom stereocenters. The zero-order valence-corrected chi connectivity index (χ0v) is 17.2. The van der Waals surface area contributed by atoms with Crippen molar-refractivity contribution in [3.05, 3.63) is 65.7 Å². The van der Waals surface area contributed by atoms with E-state index in [9.17, 15) is 9.90 Å². The van der Waals surface area contributed by atoms with Crippen molar-refractivity contribution in [2.45, 2.75) is 26.0 Å². The average molecular weight is 395 g/mol. The lowest BCUT2D eigenvalue weighted by Crippen LogP contribution is -2.36. The average Bonchev–Trinajstić information content (AvgIpc) is 3.26. The quantitative estimate of drug-likeness (QED) is 0.817. The summed E-state index contributed by atoms with van der Waals surface area (Å²) >= 11 is 0. The monoisotopic (exact) mass is 394 g/mol. The number of amides is 1. The van der Waals surface area contributed by atoms with E-state index in [0.29, 0.717) is 23.9 Å². The summed E-state index contributed by atoms with van der Waals surface area (Å²) in [6, 6.07) is 17.9. The Morgan fingerprint density at radius 1 is 1.07 bits per heavy atom. The third-order valence-electron chi connectivity index (χ3n) is 6.03. The second kappa shape index (κ2) is 8.56. The van der Waals surface area contributed by atoms with Crippen LogP contribution in [0.2, 0.25) is 0 Å². The number of aliphatic hydroxyl groups is 1. The van der Waals surface area contributed by atoms with Crippen molar-refractivity contribution in [2.24, 2.45) is 11.8 Å². The molecular formula is C24H30N2O3. The molecule has 29 heavy (non-hydrogen) atoms. The molecule has 0 aromatic heterocycles. The molecule has 154 valence electrons. The number of rotatable bonds is 6. The van der Waals surface area contributed by atoms with E-state index in [0.717, 1.165) is 25.4 Å². The standard InChI is InChI=1S/C24H30N2O3/c1-17(2)29-21-10-8-19(9-11-21)24(28)26-15-20-14-25(12-13-27)16-22(20)23(26)18-6-4-3-5-7-18/h3-11,17,20,22-23,27H,12-16H2,1-2H3/t20-,22-,23+/m0/s1. The van der Waals surface area contributed by atoms with Crippen LogP contribution in [-0.2, 0) is 0 Å². The first kappa shape index (κ1) is 19.9. The van der Waals surface area contributed by atoms with Crippen LogP contribution >= 0.6 is 0 Å². The van der Waals surface area contributed by atoms with Crippen molar-refractivity contribution in [1.29, 1.82) is 0 Å². The molecule has 2 aromatic rings. The number of nitrogens with zero attached hydrogens (tertiary/aromatic N) is 2. The number of ether oxygens (including phenoxy) is 1. The molecule has 2 aliphatic heterocycles. The van der Waals surface area contributed by atoms with Crippen molar-refractivity contribution in [3.63, 3.8) is 0 Å². The second-order valence-electron chi connectivity index (χ2n) is 8.41. The van der Waals surface area contributed by atoms with Gasteiger partial charge in [0.2, 0.25) is 0 Å². The maximum atomic E-state index is 13.4. The summed E-state index contributed by atoms with van der Waals surface area (Å²) in [6.45, 7) is 7.51. The number of carbonyl (C=O) groups is 1. The molecule has 2 fully saturated rings. The number of benzene rings is 2. The largest absolute Gasteiger partial charge is 0.491 e. The molecule has 5 nitrogen and oxygen atoms in total. The Morgan fingerprint density at radius 2 is 1.79 bits per heavy atom. The summed E-state index contributed by atoms with van der Waals surface area (Å²) in [7, 11) is 0. The van der Waals surface area contributed by atoms with Gasteiger partial charge in [0.05, 0.1) is 18.8 Å². The second-order valence-corrected chi connectivity index (χ2v) is 8.41. The van der Waals surface area contributed by atoms with Crippen molar-refractivity contribution < 1.29 is 14.6 Å². The van der Waals surface area contributed by atoms with Crippen LogP contribution in [0.25, 0.3) is 0 Å². The number of fused-ring (bicyclic) bond motifs is 1. The minimum atomic E-state index is 0.0731. The van der Waals surface area contributed by atoms with Crippen LogP contribution in [0.5, 0.6) is 5.75 Å². The Bertz CT molecular complexity index is 822. The number of β-amino-alcohol motifs (C(OH)–C–C–N with tert-alkyl or cyclic N) is 1. The Balaban J connectivity index is 1.58. The van der Waals surface area contributed by atoms with Crippen LogP contribution in [0.4, 0.5) is 0 Å². The lowest BCUT2D eigenvalue weighted by molar-refractivity contribution is 0.0697. The van der Waals surface area contributed by atoms with E-state index < -0.39 is 0 Å². The summed E-state index contributed by atoms with van der Waals surface area (Å²) in [4.78, 5) is 17.8. The summed E-state index contributed by atoms with van der Waals surface area (Å²) in [5, 5.41) is 9.32. The molecule has 2 aliphatic rings. The van der Waals surface area contributed by atoms with Crippen LogP contribution in [0, 0.1) is 11.8 Å². The molecule has 0 spiro atoms. The van der Waals surface area contributed by atoms with Gasteiger partial charge in [-0.25, -0.2) is 0 Å². The molecule has 0 saturated carbocycles. The Kier molecular flexibility index (Phi) is 5.88. The molecule has 2 aromatic carbocycles. The summed E-state index contributed by atoms with van der Waals surface area (Å²) < 4.78 is 5.71. The minimum absolute atomic E-state index is 0.0731. The topological polar surface area (TPSA) is 53.0 Å². The van der Waals surface area contributed by atoms with Gasteiger partial charge in [0.1, 0.15) is 5.75 Å². The Morgan fingerprint density at radius 3 is 2.45 bits per heavy atom. The zero-order chi connectivity index (χ0) is 20.4. The van der Waals surface area contributed by atoms with Crippen LogP contribution in [0.3, 0.4) is 0 Å². The van der Waals surface area contributed by atoms with Gasteiger partial charge >= 0.3 is 0 Å². The molecule has 0 radical (unpaired) electrons. The van der Waals surface area contributed by atoms with Gasteiger partial charge in [-0.1, -0.05) is 30.3 Å². The molecule has 1 amide bonds. The maximum absolute atomic E-state index is 13.4. The van der Waals surface area contributed by atoms with E-state index in [1.807, 2.05) is 56.3 Å². The van der Waals surface area contributed by atoms with Gasteiger partial charge in [-0.3, -0.25) is 4.79 Å². The molecule has 5 heteroatoms. The van der Waals surface area contributed by atoms with E-state index in [1.165, 1.54) is 5.56 Å². The lowest BCUT2D eigenvalue weighted by Gasteiger charge is -2.30. The fourth-order valence-corrected chi connectivity index (χ4v) is 4.86. The molecular weight excluding hydrogens is 364 g/mol. The molecule has 4 rings (SSSR count). The normalized spacial score (nSPS) is 24.1. The highest BCUT2D eigenvalue weighted by molar-refractivity contribution is 5.95. The van der Waals surface area contributed by atoms with E-state index in [4.69, 9.17) is 4.74 Å². The van der Waals surface area contributed by atoms with E-state index in [2.05, 4.69) is 21.9 Å². The van der Waals surface area contributed by atoms with Gasteiger partial charge in [0, 0.05) is 37.7 Å². The minimum Gasteiger partial charge on any atom is -0.491 e. The van der Waals surface area contributed by atoms with Crippen LogP contribution in [-0.4, -0.2) is 59.7 Å². The van der Waals surface area contributed by atoms with E-state index in [1.54, 1.807) is 0 Å². The van der Waals surface area contributed by atoms with E-state index >= 15 is 0 Å². The molecule has 2 saturated heterocycles. The van der Waals surface area contributed by atoms with Crippen molar-refractivity contribution in [3.8, 4) is 5.75 Å². The van der Waals surface area contributed by atoms with Crippen molar-refractivity contribution in [2.75, 3.05) is 32.8 Å². The van der Waals surface area contributed by atoms with Crippen LogP contribution in [0.1, 0.15) is 35.8 Å². The van der Waals surface area contributed by atoms with Crippen molar-refractivity contribution in [1.82, 2.24) is 9.80 Å². The summed E-state index contributed by atoms with van der Waals surface area (Å²) in [5.74, 6) is 1.71. The Hall–Kier alpha value is -2.37. The van der Waals surface area contributed by atoms with Gasteiger partial charge in [-0.2, -0.15) is 0 Å². The Labute approximate surface area is 172 Å². The lowest BCUT2D eigenvalue weighted by atomic mass is 9.89. The fourth-order valence-electron chi connectivity index (χ4n) is 4.86.